The molecule has 2 aromatic carbocycles. The van der Waals surface area contributed by atoms with Crippen LogP contribution in [0.4, 0.5) is 0 Å². The Kier molecular flexibility index (Phi) is 2.14. The fraction of sp³-hybridized carbons (Fsp3) is 0.0667. The maximum atomic E-state index is 5.89. The Morgan fingerprint density at radius 2 is 1.89 bits per heavy atom. The lowest BCUT2D eigenvalue weighted by atomic mass is 10.1. The largest absolute Gasteiger partial charge is 0.479 e. The topological polar surface area (TPSA) is 18.5 Å². The van der Waals surface area contributed by atoms with Crippen LogP contribution in [0.2, 0.25) is 0 Å². The van der Waals surface area contributed by atoms with Gasteiger partial charge in [-0.15, -0.1) is 0 Å². The molecule has 0 aromatic heterocycles. The van der Waals surface area contributed by atoms with Gasteiger partial charge in [0.2, 0.25) is 5.09 Å². The molecule has 0 atom stereocenters. The van der Waals surface area contributed by atoms with Crippen LogP contribution in [0, 0.1) is 0 Å². The molecular weight excluding hydrogens is 244 g/mol. The van der Waals surface area contributed by atoms with Crippen LogP contribution in [0.15, 0.2) is 64.3 Å². The van der Waals surface area contributed by atoms with Crippen molar-refractivity contribution >= 4 is 22.5 Å². The summed E-state index contributed by atoms with van der Waals surface area (Å²) in [7, 11) is 0. The normalized spacial score (nSPS) is 16.9. The Morgan fingerprint density at radius 3 is 2.78 bits per heavy atom. The third kappa shape index (κ3) is 1.51. The molecule has 0 saturated carbocycles. The fourth-order valence-electron chi connectivity index (χ4n) is 2.15. The minimum atomic E-state index is 0.623. The van der Waals surface area contributed by atoms with E-state index in [0.29, 0.717) is 6.61 Å². The van der Waals surface area contributed by atoms with Crippen molar-refractivity contribution in [2.45, 2.75) is 4.90 Å². The molecule has 2 aromatic rings. The molecule has 0 saturated heterocycles. The molecule has 0 unspecified atom stereocenters. The van der Waals surface area contributed by atoms with Crippen molar-refractivity contribution in [2.75, 3.05) is 6.61 Å². The van der Waals surface area contributed by atoms with E-state index >= 15 is 0 Å². The number of thioether (sulfide) groups is 1. The van der Waals surface area contributed by atoms with Gasteiger partial charge in [-0.3, -0.25) is 0 Å². The number of allylic oxidation sites excluding steroid dienone is 1. The summed E-state index contributed by atoms with van der Waals surface area (Å²) in [5.74, 6) is 1.72. The van der Waals surface area contributed by atoms with Gasteiger partial charge in [-0.25, -0.2) is 0 Å². The monoisotopic (exact) mass is 254 g/mol. The van der Waals surface area contributed by atoms with Gasteiger partial charge >= 0.3 is 0 Å². The molecule has 0 bridgehead atoms. The number of hydrogen-bond acceptors (Lipinski definition) is 3. The summed E-state index contributed by atoms with van der Waals surface area (Å²) in [4.78, 5) is 1.11. The van der Waals surface area contributed by atoms with Crippen LogP contribution in [0.25, 0.3) is 10.8 Å². The van der Waals surface area contributed by atoms with Crippen LogP contribution >= 0.6 is 11.8 Å². The molecule has 0 N–H and O–H groups in total. The molecule has 88 valence electrons. The average Bonchev–Trinajstić information content (AvgIpc) is 2.42. The molecule has 2 nitrogen and oxygen atoms in total. The predicted octanol–water partition coefficient (Wildman–Crippen LogP) is 4.08. The Labute approximate surface area is 109 Å². The second kappa shape index (κ2) is 3.82. The number of fused-ring (bicyclic) bond motifs is 2. The van der Waals surface area contributed by atoms with Crippen molar-refractivity contribution in [3.8, 4) is 5.75 Å². The summed E-state index contributed by atoms with van der Waals surface area (Å²) < 4.78 is 11.5. The van der Waals surface area contributed by atoms with E-state index in [2.05, 4.69) is 24.3 Å². The van der Waals surface area contributed by atoms with Gasteiger partial charge in [-0.1, -0.05) is 24.3 Å². The minimum Gasteiger partial charge on any atom is -0.479 e. The fourth-order valence-corrected chi connectivity index (χ4v) is 3.07. The van der Waals surface area contributed by atoms with Crippen LogP contribution in [0.1, 0.15) is 0 Å². The van der Waals surface area contributed by atoms with Crippen LogP contribution in [0.5, 0.6) is 5.75 Å². The summed E-state index contributed by atoms with van der Waals surface area (Å²) in [6.07, 6.45) is 3.94. The van der Waals surface area contributed by atoms with E-state index in [-0.39, 0.29) is 0 Å². The van der Waals surface area contributed by atoms with Crippen molar-refractivity contribution in [3.05, 3.63) is 59.4 Å². The Hall–Kier alpha value is -1.87. The lowest BCUT2D eigenvalue weighted by Crippen LogP contribution is -2.08. The van der Waals surface area contributed by atoms with E-state index in [1.54, 1.807) is 11.8 Å². The molecule has 2 aliphatic rings. The first-order valence-electron chi connectivity index (χ1n) is 5.82. The maximum absolute atomic E-state index is 5.89. The molecule has 0 amide bonds. The van der Waals surface area contributed by atoms with Gasteiger partial charge in [-0.05, 0) is 46.8 Å². The van der Waals surface area contributed by atoms with Gasteiger partial charge < -0.3 is 9.47 Å². The second-order valence-electron chi connectivity index (χ2n) is 4.22. The molecular formula is C15H10O2S. The van der Waals surface area contributed by atoms with Crippen LogP contribution in [0.3, 0.4) is 0 Å². The molecule has 3 heteroatoms. The van der Waals surface area contributed by atoms with E-state index in [1.165, 1.54) is 10.8 Å². The summed E-state index contributed by atoms with van der Waals surface area (Å²) >= 11 is 1.64. The van der Waals surface area contributed by atoms with Gasteiger partial charge in [0, 0.05) is 0 Å². The zero-order valence-corrected chi connectivity index (χ0v) is 10.4. The van der Waals surface area contributed by atoms with Crippen molar-refractivity contribution in [2.24, 2.45) is 0 Å². The highest BCUT2D eigenvalue weighted by atomic mass is 32.2. The van der Waals surface area contributed by atoms with Crippen molar-refractivity contribution < 1.29 is 9.47 Å². The van der Waals surface area contributed by atoms with Gasteiger partial charge in [-0.2, -0.15) is 0 Å². The summed E-state index contributed by atoms with van der Waals surface area (Å²) in [6.45, 7) is 0.623. The van der Waals surface area contributed by atoms with Crippen LogP contribution in [-0.4, -0.2) is 6.61 Å². The van der Waals surface area contributed by atoms with Gasteiger partial charge in [0.05, 0.1) is 4.90 Å². The highest BCUT2D eigenvalue weighted by Gasteiger charge is 2.22. The molecule has 0 aliphatic carbocycles. The number of benzene rings is 2. The van der Waals surface area contributed by atoms with Crippen molar-refractivity contribution in [1.82, 2.24) is 0 Å². The molecule has 0 radical (unpaired) electrons. The van der Waals surface area contributed by atoms with Gasteiger partial charge in [0.1, 0.15) is 12.4 Å². The SMILES string of the molecule is C1=CC2=C(OC1)Sc1cc3ccccc3cc1O2. The molecule has 2 heterocycles. The average molecular weight is 254 g/mol. The van der Waals surface area contributed by atoms with Crippen LogP contribution in [-0.2, 0) is 4.74 Å². The maximum Gasteiger partial charge on any atom is 0.201 e. The highest BCUT2D eigenvalue weighted by Crippen LogP contribution is 2.44. The van der Waals surface area contributed by atoms with E-state index < -0.39 is 0 Å². The minimum absolute atomic E-state index is 0.623. The summed E-state index contributed by atoms with van der Waals surface area (Å²) in [5, 5.41) is 3.28. The van der Waals surface area contributed by atoms with E-state index in [0.717, 1.165) is 21.5 Å². The number of rotatable bonds is 0. The Balaban J connectivity index is 1.87. The number of hydrogen-bond donors (Lipinski definition) is 0. The van der Waals surface area contributed by atoms with E-state index in [9.17, 15) is 0 Å². The van der Waals surface area contributed by atoms with E-state index in [4.69, 9.17) is 9.47 Å². The molecule has 0 spiro atoms. The second-order valence-corrected chi connectivity index (χ2v) is 5.23. The Morgan fingerprint density at radius 1 is 1.06 bits per heavy atom. The van der Waals surface area contributed by atoms with Gasteiger partial charge in [0.15, 0.2) is 5.76 Å². The zero-order valence-electron chi connectivity index (χ0n) is 9.55. The lowest BCUT2D eigenvalue weighted by molar-refractivity contribution is 0.245. The smallest absolute Gasteiger partial charge is 0.201 e. The standard InChI is InChI=1S/C15H10O2S/c1-2-5-11-9-14-13(8-10(11)4-1)17-12-6-3-7-16-15(12)18-14/h1-6,8-9H,7H2. The Bertz CT molecular complexity index is 701. The quantitative estimate of drug-likeness (QED) is 0.705. The van der Waals surface area contributed by atoms with Crippen LogP contribution < -0.4 is 4.74 Å². The highest BCUT2D eigenvalue weighted by molar-refractivity contribution is 8.03. The first kappa shape index (κ1) is 10.1. The molecule has 2 aliphatic heterocycles. The lowest BCUT2D eigenvalue weighted by Gasteiger charge is -2.23. The third-order valence-electron chi connectivity index (χ3n) is 3.02. The predicted molar refractivity (Wildman–Crippen MR) is 72.6 cm³/mol. The third-order valence-corrected chi connectivity index (χ3v) is 4.06. The summed E-state index contributed by atoms with van der Waals surface area (Å²) in [6, 6.07) is 12.5. The molecule has 4 rings (SSSR count). The first-order chi connectivity index (χ1) is 8.90. The first-order valence-corrected chi connectivity index (χ1v) is 6.64. The van der Waals surface area contributed by atoms with E-state index in [1.807, 2.05) is 24.3 Å². The van der Waals surface area contributed by atoms with Crippen molar-refractivity contribution in [1.29, 1.82) is 0 Å². The van der Waals surface area contributed by atoms with Crippen molar-refractivity contribution in [3.63, 3.8) is 0 Å². The molecule has 18 heavy (non-hydrogen) atoms. The zero-order chi connectivity index (χ0) is 11.9. The molecule has 0 fully saturated rings. The number of ether oxygens (including phenoxy) is 2. The van der Waals surface area contributed by atoms with Gasteiger partial charge in [0.25, 0.3) is 0 Å². The summed E-state index contributed by atoms with van der Waals surface area (Å²) in [5.41, 5.74) is 0.